The third-order valence-corrected chi connectivity index (χ3v) is 5.44. The van der Waals surface area contributed by atoms with Gasteiger partial charge in [-0.25, -0.2) is 0 Å². The first-order valence-corrected chi connectivity index (χ1v) is 8.95. The fourth-order valence-corrected chi connectivity index (χ4v) is 4.05. The number of carbonyl (C=O) groups is 2. The van der Waals surface area contributed by atoms with Crippen LogP contribution >= 0.6 is 21.6 Å². The molecule has 0 aliphatic rings. The minimum absolute atomic E-state index is 0.00303. The van der Waals surface area contributed by atoms with Gasteiger partial charge < -0.3 is 9.84 Å². The first kappa shape index (κ1) is 19.6. The summed E-state index contributed by atoms with van der Waals surface area (Å²) in [4.78, 5) is 22.6. The lowest BCUT2D eigenvalue weighted by Gasteiger charge is -2.22. The predicted molar refractivity (Wildman–Crippen MR) is 86.0 cm³/mol. The van der Waals surface area contributed by atoms with Crippen molar-refractivity contribution >= 4 is 33.5 Å². The van der Waals surface area contributed by atoms with Crippen molar-refractivity contribution in [3.8, 4) is 0 Å². The number of aliphatic carboxylic acids is 1. The van der Waals surface area contributed by atoms with Crippen molar-refractivity contribution in [1.82, 2.24) is 0 Å². The summed E-state index contributed by atoms with van der Waals surface area (Å²) in [6, 6.07) is 0. The number of carbonyl (C=O) groups excluding carboxylic acids is 1. The molecule has 6 heteroatoms. The van der Waals surface area contributed by atoms with Gasteiger partial charge in [0.25, 0.3) is 0 Å². The first-order chi connectivity index (χ1) is 8.89. The minimum Gasteiger partial charge on any atom is -0.481 e. The molecule has 0 unspecified atom stereocenters. The average molecular weight is 322 g/mol. The normalized spacial score (nSPS) is 13.9. The second-order valence-corrected chi connectivity index (χ2v) is 9.90. The van der Waals surface area contributed by atoms with E-state index in [9.17, 15) is 9.59 Å². The lowest BCUT2D eigenvalue weighted by molar-refractivity contribution is -0.156. The molecule has 0 aromatic carbocycles. The van der Waals surface area contributed by atoms with Gasteiger partial charge >= 0.3 is 11.9 Å². The van der Waals surface area contributed by atoms with E-state index in [1.54, 1.807) is 42.4 Å². The molecule has 0 saturated heterocycles. The summed E-state index contributed by atoms with van der Waals surface area (Å²) in [6.45, 7) is 11.7. The van der Waals surface area contributed by atoms with Gasteiger partial charge in [-0.3, -0.25) is 9.59 Å². The lowest BCUT2D eigenvalue weighted by Crippen LogP contribution is -2.26. The largest absolute Gasteiger partial charge is 0.481 e. The summed E-state index contributed by atoms with van der Waals surface area (Å²) in [5.41, 5.74) is -0.530. The Balaban J connectivity index is 4.35. The maximum absolute atomic E-state index is 11.8. The molecular formula is C14H26O4S2. The Morgan fingerprint density at radius 2 is 1.65 bits per heavy atom. The number of carboxylic acid groups (broad SMARTS) is 1. The van der Waals surface area contributed by atoms with Crippen molar-refractivity contribution in [2.24, 2.45) is 5.92 Å². The Labute approximate surface area is 129 Å². The van der Waals surface area contributed by atoms with Crippen molar-refractivity contribution in [3.05, 3.63) is 0 Å². The Morgan fingerprint density at radius 1 is 1.10 bits per heavy atom. The van der Waals surface area contributed by atoms with E-state index in [4.69, 9.17) is 9.84 Å². The van der Waals surface area contributed by atoms with Gasteiger partial charge in [-0.15, -0.1) is 0 Å². The highest BCUT2D eigenvalue weighted by molar-refractivity contribution is 8.77. The zero-order chi connectivity index (χ0) is 16.0. The van der Waals surface area contributed by atoms with Crippen LogP contribution in [-0.2, 0) is 14.3 Å². The van der Waals surface area contributed by atoms with Gasteiger partial charge in [0.1, 0.15) is 5.60 Å². The second-order valence-electron chi connectivity index (χ2n) is 6.73. The zero-order valence-corrected chi connectivity index (χ0v) is 14.8. The lowest BCUT2D eigenvalue weighted by atomic mass is 10.0. The van der Waals surface area contributed by atoms with Crippen LogP contribution in [-0.4, -0.2) is 33.1 Å². The van der Waals surface area contributed by atoms with Gasteiger partial charge in [-0.2, -0.15) is 0 Å². The first-order valence-electron chi connectivity index (χ1n) is 6.63. The zero-order valence-electron chi connectivity index (χ0n) is 13.2. The van der Waals surface area contributed by atoms with E-state index in [-0.39, 0.29) is 29.5 Å². The molecule has 0 aliphatic carbocycles. The number of ether oxygens (including phenoxy) is 1. The average Bonchev–Trinajstić information content (AvgIpc) is 2.10. The highest BCUT2D eigenvalue weighted by atomic mass is 33.1. The van der Waals surface area contributed by atoms with Crippen LogP contribution in [0.2, 0.25) is 0 Å². The van der Waals surface area contributed by atoms with E-state index in [2.05, 4.69) is 20.8 Å². The maximum Gasteiger partial charge on any atom is 0.306 e. The maximum atomic E-state index is 11.8. The molecule has 0 fully saturated rings. The van der Waals surface area contributed by atoms with Gasteiger partial charge in [-0.1, -0.05) is 42.4 Å². The van der Waals surface area contributed by atoms with Crippen molar-refractivity contribution in [1.29, 1.82) is 0 Å². The number of hydrogen-bond donors (Lipinski definition) is 1. The quantitative estimate of drug-likeness (QED) is 0.565. The van der Waals surface area contributed by atoms with E-state index in [0.29, 0.717) is 5.75 Å². The van der Waals surface area contributed by atoms with Crippen LogP contribution in [0.15, 0.2) is 0 Å². The predicted octanol–water partition coefficient (Wildman–Crippen LogP) is 3.99. The minimum atomic E-state index is -0.875. The summed E-state index contributed by atoms with van der Waals surface area (Å²) in [6.07, 6.45) is 0.151. The van der Waals surface area contributed by atoms with E-state index >= 15 is 0 Å². The number of hydrogen-bond acceptors (Lipinski definition) is 5. The molecule has 0 rings (SSSR count). The van der Waals surface area contributed by atoms with E-state index < -0.39 is 11.6 Å². The molecule has 0 aromatic heterocycles. The molecule has 0 bridgehead atoms. The third kappa shape index (κ3) is 12.7. The van der Waals surface area contributed by atoms with Crippen LogP contribution < -0.4 is 0 Å². The molecular weight excluding hydrogens is 296 g/mol. The second kappa shape index (κ2) is 8.17. The van der Waals surface area contributed by atoms with E-state index in [0.717, 1.165) is 0 Å². The van der Waals surface area contributed by atoms with Crippen LogP contribution in [0.3, 0.4) is 0 Å². The van der Waals surface area contributed by atoms with Gasteiger partial charge in [0, 0.05) is 23.3 Å². The SMILES string of the molecule is CC(C)(C)OC(=O)C[C@@H](CSSC(C)(C)C)CC(=O)O. The Bertz CT molecular complexity index is 329. The Hall–Kier alpha value is -0.360. The van der Waals surface area contributed by atoms with E-state index in [1.165, 1.54) is 0 Å². The molecule has 1 atom stereocenters. The molecule has 0 amide bonds. The number of esters is 1. The molecule has 20 heavy (non-hydrogen) atoms. The smallest absolute Gasteiger partial charge is 0.306 e. The summed E-state index contributed by atoms with van der Waals surface area (Å²) in [7, 11) is 3.32. The molecule has 0 aliphatic heterocycles. The Kier molecular flexibility index (Phi) is 8.03. The summed E-state index contributed by atoms with van der Waals surface area (Å²) in [5, 5.41) is 8.92. The van der Waals surface area contributed by atoms with E-state index in [1.807, 2.05) is 0 Å². The van der Waals surface area contributed by atoms with Crippen molar-refractivity contribution in [2.75, 3.05) is 5.75 Å². The fraction of sp³-hybridized carbons (Fsp3) is 0.857. The Morgan fingerprint density at radius 3 is 2.05 bits per heavy atom. The molecule has 4 nitrogen and oxygen atoms in total. The topological polar surface area (TPSA) is 63.6 Å². The van der Waals surface area contributed by atoms with Crippen LogP contribution in [0.1, 0.15) is 54.4 Å². The molecule has 0 saturated carbocycles. The van der Waals surface area contributed by atoms with Crippen molar-refractivity contribution in [3.63, 3.8) is 0 Å². The third-order valence-electron chi connectivity index (χ3n) is 1.95. The van der Waals surface area contributed by atoms with Gasteiger partial charge in [-0.05, 0) is 26.7 Å². The number of carboxylic acids is 1. The van der Waals surface area contributed by atoms with Gasteiger partial charge in [0.05, 0.1) is 0 Å². The number of rotatable bonds is 7. The van der Waals surface area contributed by atoms with Crippen LogP contribution in [0.5, 0.6) is 0 Å². The molecule has 0 radical (unpaired) electrons. The van der Waals surface area contributed by atoms with Crippen LogP contribution in [0.4, 0.5) is 0 Å². The fourth-order valence-electron chi connectivity index (χ4n) is 1.36. The summed E-state index contributed by atoms with van der Waals surface area (Å²) >= 11 is 0. The summed E-state index contributed by atoms with van der Waals surface area (Å²) in [5.74, 6) is -0.764. The van der Waals surface area contributed by atoms with Gasteiger partial charge in [0.15, 0.2) is 0 Å². The van der Waals surface area contributed by atoms with Crippen molar-refractivity contribution in [2.45, 2.75) is 64.7 Å². The molecule has 118 valence electrons. The highest BCUT2D eigenvalue weighted by Crippen LogP contribution is 2.37. The molecule has 0 heterocycles. The standard InChI is InChI=1S/C14H26O4S2/c1-13(2,3)18-12(17)8-10(7-11(15)16)9-19-20-14(4,5)6/h10H,7-9H2,1-6H3,(H,15,16)/t10-/m0/s1. The van der Waals surface area contributed by atoms with Gasteiger partial charge in [0.2, 0.25) is 0 Å². The molecule has 0 spiro atoms. The highest BCUT2D eigenvalue weighted by Gasteiger charge is 2.23. The van der Waals surface area contributed by atoms with Crippen molar-refractivity contribution < 1.29 is 19.4 Å². The molecule has 1 N–H and O–H groups in total. The monoisotopic (exact) mass is 322 g/mol. The molecule has 0 aromatic rings. The van der Waals surface area contributed by atoms with Crippen LogP contribution in [0, 0.1) is 5.92 Å². The summed E-state index contributed by atoms with van der Waals surface area (Å²) < 4.78 is 5.36. The van der Waals surface area contributed by atoms with Crippen LogP contribution in [0.25, 0.3) is 0 Å².